The van der Waals surface area contributed by atoms with Crippen molar-refractivity contribution < 1.29 is 22.3 Å². The lowest BCUT2D eigenvalue weighted by molar-refractivity contribution is 0.245. The fourth-order valence-corrected chi connectivity index (χ4v) is 4.14. The predicted molar refractivity (Wildman–Crippen MR) is 70.2 cm³/mol. The van der Waals surface area contributed by atoms with Gasteiger partial charge >= 0.3 is 0 Å². The average molecular weight is 358 g/mol. The van der Waals surface area contributed by atoms with Crippen molar-refractivity contribution in [1.82, 2.24) is 4.72 Å². The zero-order valence-electron chi connectivity index (χ0n) is 10.4. The number of aliphatic hydroxyl groups is 1. The molecule has 0 radical (unpaired) electrons. The third-order valence-corrected chi connectivity index (χ3v) is 5.04. The Morgan fingerprint density at radius 3 is 2.42 bits per heavy atom. The summed E-state index contributed by atoms with van der Waals surface area (Å²) >= 11 is 2.83. The second-order valence-electron chi connectivity index (χ2n) is 4.66. The number of hydrogen-bond acceptors (Lipinski definition) is 3. The molecule has 108 valence electrons. The van der Waals surface area contributed by atoms with Gasteiger partial charge in [-0.15, -0.1) is 0 Å². The summed E-state index contributed by atoms with van der Waals surface area (Å²) < 4.78 is 52.8. The quantitative estimate of drug-likeness (QED) is 0.848. The first-order valence-corrected chi connectivity index (χ1v) is 7.66. The predicted octanol–water partition coefficient (Wildman–Crippen LogP) is 2.17. The van der Waals surface area contributed by atoms with Crippen molar-refractivity contribution in [2.75, 3.05) is 6.61 Å². The molecule has 0 heterocycles. The van der Waals surface area contributed by atoms with Gasteiger partial charge in [0.15, 0.2) is 0 Å². The van der Waals surface area contributed by atoms with Crippen LogP contribution < -0.4 is 4.72 Å². The van der Waals surface area contributed by atoms with Gasteiger partial charge in [0, 0.05) is 22.7 Å². The van der Waals surface area contributed by atoms with Gasteiger partial charge in [-0.3, -0.25) is 0 Å². The van der Waals surface area contributed by atoms with Crippen LogP contribution in [0, 0.1) is 11.6 Å². The first-order chi connectivity index (χ1) is 8.59. The Bertz CT molecular complexity index is 552. The number of nitrogens with one attached hydrogen (secondary N) is 1. The molecule has 0 atom stereocenters. The van der Waals surface area contributed by atoms with Crippen molar-refractivity contribution in [3.05, 3.63) is 28.2 Å². The normalized spacial score (nSPS) is 12.7. The van der Waals surface area contributed by atoms with Crippen LogP contribution in [-0.4, -0.2) is 25.7 Å². The molecule has 0 unspecified atom stereocenters. The maximum atomic E-state index is 13.6. The van der Waals surface area contributed by atoms with Crippen molar-refractivity contribution in [2.24, 2.45) is 0 Å². The van der Waals surface area contributed by atoms with Crippen molar-refractivity contribution in [3.8, 4) is 0 Å². The third-order valence-electron chi connectivity index (χ3n) is 2.38. The van der Waals surface area contributed by atoms with Crippen LogP contribution in [0.25, 0.3) is 0 Å². The highest BCUT2D eigenvalue weighted by Crippen LogP contribution is 2.27. The molecule has 19 heavy (non-hydrogen) atoms. The van der Waals surface area contributed by atoms with E-state index in [2.05, 4.69) is 20.7 Å². The molecule has 0 saturated heterocycles. The van der Waals surface area contributed by atoms with E-state index in [4.69, 9.17) is 5.11 Å². The highest BCUT2D eigenvalue weighted by Gasteiger charge is 2.30. The van der Waals surface area contributed by atoms with Crippen molar-refractivity contribution in [1.29, 1.82) is 0 Å². The zero-order valence-corrected chi connectivity index (χ0v) is 12.8. The van der Waals surface area contributed by atoms with E-state index in [1.165, 1.54) is 0 Å². The Kier molecular flexibility index (Phi) is 5.05. The Balaban J connectivity index is 3.22. The molecule has 0 fully saturated rings. The highest BCUT2D eigenvalue weighted by molar-refractivity contribution is 9.10. The van der Waals surface area contributed by atoms with Crippen LogP contribution in [0.15, 0.2) is 21.5 Å². The Morgan fingerprint density at radius 2 is 1.95 bits per heavy atom. The van der Waals surface area contributed by atoms with Crippen LogP contribution in [0.3, 0.4) is 0 Å². The summed E-state index contributed by atoms with van der Waals surface area (Å²) in [6.07, 6.45) is 0.159. The molecule has 4 nitrogen and oxygen atoms in total. The molecule has 8 heteroatoms. The number of sulfonamides is 1. The van der Waals surface area contributed by atoms with Gasteiger partial charge in [-0.25, -0.2) is 21.9 Å². The Morgan fingerprint density at radius 1 is 1.37 bits per heavy atom. The maximum absolute atomic E-state index is 13.6. The Labute approximate surface area is 119 Å². The summed E-state index contributed by atoms with van der Waals surface area (Å²) in [6, 6.07) is 1.37. The SMILES string of the molecule is CC(C)(CCO)NS(=O)(=O)c1c(F)cc(F)cc1Br. The van der Waals surface area contributed by atoms with Crippen LogP contribution in [0.1, 0.15) is 20.3 Å². The van der Waals surface area contributed by atoms with Crippen LogP contribution in [0.5, 0.6) is 0 Å². The second kappa shape index (κ2) is 5.82. The minimum atomic E-state index is -4.17. The van der Waals surface area contributed by atoms with Crippen molar-refractivity contribution >= 4 is 26.0 Å². The summed E-state index contributed by atoms with van der Waals surface area (Å²) in [7, 11) is -4.17. The van der Waals surface area contributed by atoms with Gasteiger partial charge in [-0.2, -0.15) is 0 Å². The molecular weight excluding hydrogens is 344 g/mol. The molecule has 0 spiro atoms. The van der Waals surface area contributed by atoms with Crippen LogP contribution in [0.4, 0.5) is 8.78 Å². The molecule has 0 aromatic heterocycles. The molecule has 0 amide bonds. The summed E-state index contributed by atoms with van der Waals surface area (Å²) in [6.45, 7) is 2.88. The van der Waals surface area contributed by atoms with E-state index in [1.54, 1.807) is 13.8 Å². The molecule has 0 bridgehead atoms. The van der Waals surface area contributed by atoms with E-state index >= 15 is 0 Å². The van der Waals surface area contributed by atoms with E-state index in [0.29, 0.717) is 6.07 Å². The average Bonchev–Trinajstić information content (AvgIpc) is 2.11. The van der Waals surface area contributed by atoms with Gasteiger partial charge < -0.3 is 5.11 Å². The molecule has 0 aliphatic rings. The van der Waals surface area contributed by atoms with Gasteiger partial charge in [0.1, 0.15) is 16.5 Å². The summed E-state index contributed by atoms with van der Waals surface area (Å²) in [5.74, 6) is -2.06. The molecule has 1 aromatic carbocycles. The van der Waals surface area contributed by atoms with Gasteiger partial charge in [-0.05, 0) is 42.3 Å². The summed E-state index contributed by atoms with van der Waals surface area (Å²) in [5.41, 5.74) is -0.951. The maximum Gasteiger partial charge on any atom is 0.245 e. The molecule has 1 aromatic rings. The number of hydrogen-bond donors (Lipinski definition) is 2. The standard InChI is InChI=1S/C11H14BrF2NO3S/c1-11(2,3-4-16)15-19(17,18)10-8(12)5-7(13)6-9(10)14/h5-6,15-16H,3-4H2,1-2H3. The monoisotopic (exact) mass is 357 g/mol. The van der Waals surface area contributed by atoms with Gasteiger partial charge in [0.05, 0.1) is 0 Å². The largest absolute Gasteiger partial charge is 0.396 e. The fraction of sp³-hybridized carbons (Fsp3) is 0.455. The topological polar surface area (TPSA) is 66.4 Å². The van der Waals surface area contributed by atoms with Gasteiger partial charge in [0.25, 0.3) is 0 Å². The first-order valence-electron chi connectivity index (χ1n) is 5.38. The van der Waals surface area contributed by atoms with Crippen molar-refractivity contribution in [3.63, 3.8) is 0 Å². The molecule has 0 aliphatic heterocycles. The third kappa shape index (κ3) is 4.20. The van der Waals surface area contributed by atoms with Crippen molar-refractivity contribution in [2.45, 2.75) is 30.7 Å². The van der Waals surface area contributed by atoms with E-state index in [0.717, 1.165) is 6.07 Å². The van der Waals surface area contributed by atoms with Crippen LogP contribution in [-0.2, 0) is 10.0 Å². The molecule has 0 saturated carbocycles. The van der Waals surface area contributed by atoms with Crippen LogP contribution >= 0.6 is 15.9 Å². The number of halogens is 3. The van der Waals surface area contributed by atoms with E-state index in [-0.39, 0.29) is 17.5 Å². The van der Waals surface area contributed by atoms with Gasteiger partial charge in [0.2, 0.25) is 10.0 Å². The fourth-order valence-electron chi connectivity index (χ4n) is 1.53. The molecule has 2 N–H and O–H groups in total. The summed E-state index contributed by atoms with van der Waals surface area (Å²) in [4.78, 5) is -0.653. The number of aliphatic hydroxyl groups excluding tert-OH is 1. The minimum Gasteiger partial charge on any atom is -0.396 e. The summed E-state index contributed by atoms with van der Waals surface area (Å²) in [5, 5.41) is 8.85. The Hall–Kier alpha value is -0.570. The molecule has 0 aliphatic carbocycles. The smallest absolute Gasteiger partial charge is 0.245 e. The van der Waals surface area contributed by atoms with E-state index < -0.39 is 32.1 Å². The van der Waals surface area contributed by atoms with Crippen LogP contribution in [0.2, 0.25) is 0 Å². The first kappa shape index (κ1) is 16.5. The van der Waals surface area contributed by atoms with E-state index in [9.17, 15) is 17.2 Å². The lowest BCUT2D eigenvalue weighted by Gasteiger charge is -2.25. The lowest BCUT2D eigenvalue weighted by Crippen LogP contribution is -2.44. The lowest BCUT2D eigenvalue weighted by atomic mass is 10.0. The second-order valence-corrected chi connectivity index (χ2v) is 7.14. The van der Waals surface area contributed by atoms with Gasteiger partial charge in [-0.1, -0.05) is 0 Å². The van der Waals surface area contributed by atoms with E-state index in [1.807, 2.05) is 0 Å². The number of rotatable bonds is 5. The molecular formula is C11H14BrF2NO3S. The zero-order chi connectivity index (χ0) is 14.8. The minimum absolute atomic E-state index is 0.159. The highest BCUT2D eigenvalue weighted by atomic mass is 79.9. The number of benzene rings is 1. The molecule has 1 rings (SSSR count).